The smallest absolute Gasteiger partial charge is 0.267 e. The number of hydrogen-bond acceptors (Lipinski definition) is 7. The quantitative estimate of drug-likeness (QED) is 0.886. The molecule has 7 nitrogen and oxygen atoms in total. The molecule has 0 bridgehead atoms. The largest absolute Gasteiger partial charge is 0.377 e. The topological polar surface area (TPSA) is 81.9 Å². The molecule has 0 radical (unpaired) electrons. The second-order valence-corrected chi connectivity index (χ2v) is 8.30. The third-order valence-corrected chi connectivity index (χ3v) is 6.48. The van der Waals surface area contributed by atoms with Gasteiger partial charge >= 0.3 is 0 Å². The number of nitrogens with one attached hydrogen (secondary N) is 1. The molecule has 26 heavy (non-hydrogen) atoms. The van der Waals surface area contributed by atoms with Crippen LogP contribution in [-0.4, -0.2) is 38.4 Å². The molecule has 2 fully saturated rings. The fourth-order valence-electron chi connectivity index (χ4n) is 4.02. The highest BCUT2D eigenvalue weighted by atomic mass is 32.1. The van der Waals surface area contributed by atoms with E-state index in [1.54, 1.807) is 10.7 Å². The van der Waals surface area contributed by atoms with Crippen molar-refractivity contribution >= 4 is 16.7 Å². The van der Waals surface area contributed by atoms with Gasteiger partial charge in [0, 0.05) is 23.5 Å². The van der Waals surface area contributed by atoms with Gasteiger partial charge in [-0.05, 0) is 44.1 Å². The summed E-state index contributed by atoms with van der Waals surface area (Å²) >= 11 is 1.40. The number of anilines is 1. The SMILES string of the molecule is O=c1cc2c(nn1C1COCC1Nc1nc(C3CCC3)ns1)CCCC2. The van der Waals surface area contributed by atoms with E-state index in [0.29, 0.717) is 19.1 Å². The van der Waals surface area contributed by atoms with E-state index in [1.807, 2.05) is 0 Å². The van der Waals surface area contributed by atoms with Crippen molar-refractivity contribution in [1.82, 2.24) is 19.1 Å². The summed E-state index contributed by atoms with van der Waals surface area (Å²) in [5.41, 5.74) is 2.17. The van der Waals surface area contributed by atoms with E-state index in [4.69, 9.17) is 9.84 Å². The van der Waals surface area contributed by atoms with Crippen molar-refractivity contribution in [2.24, 2.45) is 0 Å². The van der Waals surface area contributed by atoms with E-state index < -0.39 is 0 Å². The molecule has 2 atom stereocenters. The predicted octanol–water partition coefficient (Wildman–Crippen LogP) is 2.29. The Morgan fingerprint density at radius 3 is 2.92 bits per heavy atom. The maximum Gasteiger partial charge on any atom is 0.267 e. The molecule has 2 aromatic heterocycles. The van der Waals surface area contributed by atoms with Gasteiger partial charge in [0.05, 0.1) is 24.9 Å². The number of ether oxygens (including phenoxy) is 1. The first-order valence-electron chi connectivity index (χ1n) is 9.57. The van der Waals surface area contributed by atoms with Gasteiger partial charge in [-0.15, -0.1) is 0 Å². The minimum Gasteiger partial charge on any atom is -0.377 e. The molecule has 2 aromatic rings. The molecule has 1 saturated carbocycles. The highest BCUT2D eigenvalue weighted by molar-refractivity contribution is 7.09. The van der Waals surface area contributed by atoms with Crippen LogP contribution < -0.4 is 10.9 Å². The molecule has 5 rings (SSSR count). The Morgan fingerprint density at radius 1 is 1.19 bits per heavy atom. The van der Waals surface area contributed by atoms with Crippen LogP contribution in [0.3, 0.4) is 0 Å². The van der Waals surface area contributed by atoms with Crippen molar-refractivity contribution < 1.29 is 4.74 Å². The fraction of sp³-hybridized carbons (Fsp3) is 0.667. The standard InChI is InChI=1S/C18H23N5O2S/c24-16-8-12-4-1-2-7-13(12)21-23(16)15-10-25-9-14(15)19-18-20-17(22-26-18)11-5-3-6-11/h8,11,14-15H,1-7,9-10H2,(H,19,20,22). The molecule has 0 aromatic carbocycles. The maximum atomic E-state index is 12.6. The van der Waals surface area contributed by atoms with Gasteiger partial charge in [-0.3, -0.25) is 4.79 Å². The number of nitrogens with zero attached hydrogens (tertiary/aromatic N) is 4. The Morgan fingerprint density at radius 2 is 2.08 bits per heavy atom. The first-order valence-corrected chi connectivity index (χ1v) is 10.3. The number of fused-ring (bicyclic) bond motifs is 1. The second-order valence-electron chi connectivity index (χ2n) is 7.55. The zero-order valence-corrected chi connectivity index (χ0v) is 15.5. The molecule has 2 aliphatic carbocycles. The third-order valence-electron chi connectivity index (χ3n) is 5.82. The summed E-state index contributed by atoms with van der Waals surface area (Å²) in [7, 11) is 0. The summed E-state index contributed by atoms with van der Waals surface area (Å²) in [6.07, 6.45) is 7.89. The Bertz CT molecular complexity index is 860. The molecule has 0 amide bonds. The highest BCUT2D eigenvalue weighted by Gasteiger charge is 2.33. The maximum absolute atomic E-state index is 12.6. The number of aryl methyl sites for hydroxylation is 2. The lowest BCUT2D eigenvalue weighted by Crippen LogP contribution is -2.38. The number of aromatic nitrogens is 4. The summed E-state index contributed by atoms with van der Waals surface area (Å²) < 4.78 is 11.8. The minimum absolute atomic E-state index is 0.0102. The number of hydrogen-bond donors (Lipinski definition) is 1. The third kappa shape index (κ3) is 2.95. The van der Waals surface area contributed by atoms with Crippen LogP contribution in [-0.2, 0) is 17.6 Å². The van der Waals surface area contributed by atoms with Crippen LogP contribution >= 0.6 is 11.5 Å². The lowest BCUT2D eigenvalue weighted by molar-refractivity contribution is 0.182. The van der Waals surface area contributed by atoms with Crippen LogP contribution in [0.15, 0.2) is 10.9 Å². The van der Waals surface area contributed by atoms with Crippen LogP contribution in [0.25, 0.3) is 0 Å². The molecule has 1 saturated heterocycles. The van der Waals surface area contributed by atoms with E-state index in [-0.39, 0.29) is 17.6 Å². The lowest BCUT2D eigenvalue weighted by Gasteiger charge is -2.23. The predicted molar refractivity (Wildman–Crippen MR) is 98.9 cm³/mol. The van der Waals surface area contributed by atoms with E-state index >= 15 is 0 Å². The highest BCUT2D eigenvalue weighted by Crippen LogP contribution is 2.36. The van der Waals surface area contributed by atoms with Gasteiger partial charge in [0.15, 0.2) is 0 Å². The zero-order chi connectivity index (χ0) is 17.5. The molecule has 0 spiro atoms. The van der Waals surface area contributed by atoms with Crippen molar-refractivity contribution in [3.63, 3.8) is 0 Å². The van der Waals surface area contributed by atoms with Crippen molar-refractivity contribution in [3.05, 3.63) is 33.5 Å². The first kappa shape index (κ1) is 16.4. The van der Waals surface area contributed by atoms with Gasteiger partial charge in [-0.2, -0.15) is 9.47 Å². The average molecular weight is 373 g/mol. The minimum atomic E-state index is -0.106. The Hall–Kier alpha value is -1.80. The van der Waals surface area contributed by atoms with Crippen LogP contribution in [0.2, 0.25) is 0 Å². The summed E-state index contributed by atoms with van der Waals surface area (Å²) in [6, 6.07) is 1.66. The van der Waals surface area contributed by atoms with E-state index in [0.717, 1.165) is 47.9 Å². The lowest BCUT2D eigenvalue weighted by atomic mass is 9.85. The van der Waals surface area contributed by atoms with E-state index in [9.17, 15) is 4.79 Å². The van der Waals surface area contributed by atoms with Gasteiger partial charge in [-0.1, -0.05) is 6.42 Å². The van der Waals surface area contributed by atoms with Crippen molar-refractivity contribution in [2.75, 3.05) is 18.5 Å². The van der Waals surface area contributed by atoms with Gasteiger partial charge in [0.25, 0.3) is 5.56 Å². The summed E-state index contributed by atoms with van der Waals surface area (Å²) in [6.45, 7) is 1.05. The average Bonchev–Trinajstić information content (AvgIpc) is 3.23. The fourth-order valence-corrected chi connectivity index (χ4v) is 4.73. The molecule has 2 unspecified atom stereocenters. The molecular weight excluding hydrogens is 350 g/mol. The van der Waals surface area contributed by atoms with E-state index in [2.05, 4.69) is 14.7 Å². The Kier molecular flexibility index (Phi) is 4.24. The molecule has 138 valence electrons. The van der Waals surface area contributed by atoms with Crippen molar-refractivity contribution in [1.29, 1.82) is 0 Å². The van der Waals surface area contributed by atoms with Gasteiger partial charge in [-0.25, -0.2) is 9.67 Å². The second kappa shape index (κ2) is 6.74. The molecule has 8 heteroatoms. The molecule has 1 aliphatic heterocycles. The zero-order valence-electron chi connectivity index (χ0n) is 14.7. The van der Waals surface area contributed by atoms with Crippen LogP contribution in [0.5, 0.6) is 0 Å². The Balaban J connectivity index is 1.37. The van der Waals surface area contributed by atoms with Gasteiger partial charge in [0.1, 0.15) is 11.9 Å². The first-order chi connectivity index (χ1) is 12.8. The van der Waals surface area contributed by atoms with Crippen molar-refractivity contribution in [2.45, 2.75) is 62.9 Å². The molecule has 1 N–H and O–H groups in total. The van der Waals surface area contributed by atoms with Gasteiger partial charge < -0.3 is 10.1 Å². The number of rotatable bonds is 4. The summed E-state index contributed by atoms with van der Waals surface area (Å²) in [5, 5.41) is 8.95. The van der Waals surface area contributed by atoms with Crippen LogP contribution in [0.1, 0.15) is 61.1 Å². The van der Waals surface area contributed by atoms with Crippen LogP contribution in [0, 0.1) is 0 Å². The molecule has 3 heterocycles. The molecule has 3 aliphatic rings. The van der Waals surface area contributed by atoms with E-state index in [1.165, 1.54) is 30.8 Å². The van der Waals surface area contributed by atoms with Gasteiger partial charge in [0.2, 0.25) is 5.13 Å². The summed E-state index contributed by atoms with van der Waals surface area (Å²) in [4.78, 5) is 17.3. The molecular formula is C18H23N5O2S. The van der Waals surface area contributed by atoms with Crippen molar-refractivity contribution in [3.8, 4) is 0 Å². The monoisotopic (exact) mass is 373 g/mol. The normalized spacial score (nSPS) is 25.7. The Labute approximate surface area is 156 Å². The van der Waals surface area contributed by atoms with Crippen LogP contribution in [0.4, 0.5) is 5.13 Å². The summed E-state index contributed by atoms with van der Waals surface area (Å²) in [5.74, 6) is 1.49.